The average Bonchev–Trinajstić information content (AvgIpc) is 3.18. The molecule has 0 saturated carbocycles. The lowest BCUT2D eigenvalue weighted by atomic mass is 9.99. The Labute approximate surface area is 197 Å². The van der Waals surface area contributed by atoms with Crippen molar-refractivity contribution in [3.63, 3.8) is 0 Å². The van der Waals surface area contributed by atoms with Crippen molar-refractivity contribution >= 4 is 0 Å². The van der Waals surface area contributed by atoms with E-state index in [0.29, 0.717) is 12.0 Å². The molecular formula is C22H26F5N2O6-. The SMILES string of the molecule is CCc1ccc(Cc2c(OC3OC(C[O-])C(O)C(O)C3O)nn(C(CF)CF)c2C(F)(F)F)cc1. The van der Waals surface area contributed by atoms with Gasteiger partial charge in [-0.1, -0.05) is 31.2 Å². The number of hydrogen-bond acceptors (Lipinski definition) is 7. The zero-order valence-corrected chi connectivity index (χ0v) is 18.7. The summed E-state index contributed by atoms with van der Waals surface area (Å²) in [5.41, 5.74) is -0.684. The smallest absolute Gasteiger partial charge is 0.433 e. The second-order valence-electron chi connectivity index (χ2n) is 8.18. The van der Waals surface area contributed by atoms with Gasteiger partial charge in [0.25, 0.3) is 0 Å². The highest BCUT2D eigenvalue weighted by Crippen LogP contribution is 2.40. The first-order valence-corrected chi connectivity index (χ1v) is 10.9. The maximum Gasteiger partial charge on any atom is 0.433 e. The summed E-state index contributed by atoms with van der Waals surface area (Å²) in [5, 5.41) is 45.0. The van der Waals surface area contributed by atoms with Crippen LogP contribution in [0, 0.1) is 0 Å². The van der Waals surface area contributed by atoms with Crippen molar-refractivity contribution in [2.24, 2.45) is 0 Å². The van der Waals surface area contributed by atoms with Gasteiger partial charge in [0.2, 0.25) is 12.2 Å². The first-order valence-electron chi connectivity index (χ1n) is 10.9. The van der Waals surface area contributed by atoms with Crippen molar-refractivity contribution in [2.45, 2.75) is 62.7 Å². The highest BCUT2D eigenvalue weighted by molar-refractivity contribution is 5.39. The summed E-state index contributed by atoms with van der Waals surface area (Å²) in [6, 6.07) is 4.70. The standard InChI is InChI=1S/C22H26F5N2O6/c1-2-11-3-5-12(6-4-11)7-14-19(22(25,26)27)29(13(8-23)9-24)28-20(14)35-21-18(33)17(32)16(31)15(10-30)34-21/h3-6,13,15-18,21,31-33H,2,7-10H2,1H3/q-1. The highest BCUT2D eigenvalue weighted by Gasteiger charge is 2.46. The van der Waals surface area contributed by atoms with Crippen LogP contribution in [-0.2, 0) is 23.8 Å². The van der Waals surface area contributed by atoms with Crippen molar-refractivity contribution in [1.82, 2.24) is 9.78 Å². The van der Waals surface area contributed by atoms with Gasteiger partial charge in [0.05, 0.1) is 11.7 Å². The van der Waals surface area contributed by atoms with E-state index in [2.05, 4.69) is 5.10 Å². The van der Waals surface area contributed by atoms with E-state index in [1.807, 2.05) is 6.92 Å². The predicted molar refractivity (Wildman–Crippen MR) is 109 cm³/mol. The van der Waals surface area contributed by atoms with Crippen molar-refractivity contribution < 1.29 is 51.9 Å². The number of ether oxygens (including phenoxy) is 2. The lowest BCUT2D eigenvalue weighted by molar-refractivity contribution is -0.410. The molecule has 1 aromatic heterocycles. The number of halogens is 5. The molecule has 2 aromatic rings. The van der Waals surface area contributed by atoms with Crippen LogP contribution >= 0.6 is 0 Å². The Balaban J connectivity index is 2.09. The average molecular weight is 509 g/mol. The maximum absolute atomic E-state index is 14.1. The predicted octanol–water partition coefficient (Wildman–Crippen LogP) is 1.08. The van der Waals surface area contributed by atoms with E-state index in [1.165, 1.54) is 0 Å². The molecule has 0 amide bonds. The quantitative estimate of drug-likeness (QED) is 0.433. The molecule has 2 heterocycles. The summed E-state index contributed by atoms with van der Waals surface area (Å²) >= 11 is 0. The van der Waals surface area contributed by atoms with Crippen LogP contribution in [0.2, 0.25) is 0 Å². The van der Waals surface area contributed by atoms with Crippen molar-refractivity contribution in [1.29, 1.82) is 0 Å². The van der Waals surface area contributed by atoms with Gasteiger partial charge in [-0.25, -0.2) is 13.5 Å². The number of aliphatic hydroxyl groups excluding tert-OH is 3. The molecule has 3 N–H and O–H groups in total. The zero-order valence-electron chi connectivity index (χ0n) is 18.7. The second-order valence-corrected chi connectivity index (χ2v) is 8.18. The molecule has 1 saturated heterocycles. The fraction of sp³-hybridized carbons (Fsp3) is 0.591. The fourth-order valence-electron chi connectivity index (χ4n) is 3.80. The number of rotatable bonds is 9. The summed E-state index contributed by atoms with van der Waals surface area (Å²) in [6.45, 7) is -2.12. The Morgan fingerprint density at radius 2 is 1.66 bits per heavy atom. The van der Waals surface area contributed by atoms with Gasteiger partial charge in [-0.05, 0) is 17.5 Å². The number of aryl methyl sites for hydroxylation is 1. The number of nitrogens with zero attached hydrogens (tertiary/aromatic N) is 2. The van der Waals surface area contributed by atoms with Crippen molar-refractivity contribution in [2.75, 3.05) is 20.0 Å². The van der Waals surface area contributed by atoms with Crippen LogP contribution in [0.4, 0.5) is 22.0 Å². The van der Waals surface area contributed by atoms with Gasteiger partial charge in [-0.3, -0.25) is 0 Å². The molecule has 0 spiro atoms. The van der Waals surface area contributed by atoms with Crippen LogP contribution in [0.15, 0.2) is 24.3 Å². The third-order valence-corrected chi connectivity index (χ3v) is 5.81. The molecule has 13 heteroatoms. The maximum atomic E-state index is 14.1. The van der Waals surface area contributed by atoms with Gasteiger partial charge < -0.3 is 29.9 Å². The van der Waals surface area contributed by atoms with Crippen LogP contribution in [0.1, 0.15) is 35.3 Å². The van der Waals surface area contributed by atoms with Gasteiger partial charge in [0, 0.05) is 6.42 Å². The molecule has 35 heavy (non-hydrogen) atoms. The van der Waals surface area contributed by atoms with E-state index in [-0.39, 0.29) is 4.68 Å². The number of aliphatic hydroxyl groups is 3. The second kappa shape index (κ2) is 11.2. The molecule has 0 bridgehead atoms. The van der Waals surface area contributed by atoms with Crippen LogP contribution in [0.5, 0.6) is 5.88 Å². The fourth-order valence-corrected chi connectivity index (χ4v) is 3.80. The van der Waals surface area contributed by atoms with E-state index in [0.717, 1.165) is 5.56 Å². The van der Waals surface area contributed by atoms with Crippen LogP contribution in [-0.4, -0.2) is 75.8 Å². The lowest BCUT2D eigenvalue weighted by Crippen LogP contribution is -2.61. The van der Waals surface area contributed by atoms with Crippen molar-refractivity contribution in [3.8, 4) is 5.88 Å². The van der Waals surface area contributed by atoms with E-state index in [1.54, 1.807) is 24.3 Å². The largest absolute Gasteiger partial charge is 0.853 e. The molecule has 0 radical (unpaired) electrons. The van der Waals surface area contributed by atoms with Crippen molar-refractivity contribution in [3.05, 3.63) is 46.6 Å². The van der Waals surface area contributed by atoms with Gasteiger partial charge >= 0.3 is 6.18 Å². The van der Waals surface area contributed by atoms with Crippen LogP contribution < -0.4 is 9.84 Å². The van der Waals surface area contributed by atoms with E-state index in [4.69, 9.17) is 9.47 Å². The zero-order chi connectivity index (χ0) is 25.9. The number of alkyl halides is 5. The molecular weight excluding hydrogens is 483 g/mol. The number of hydrogen-bond donors (Lipinski definition) is 3. The first kappa shape index (κ1) is 27.3. The minimum atomic E-state index is -5.09. The number of benzene rings is 1. The van der Waals surface area contributed by atoms with E-state index < -0.39 is 86.4 Å². The highest BCUT2D eigenvalue weighted by atomic mass is 19.4. The Bertz CT molecular complexity index is 964. The molecule has 1 fully saturated rings. The summed E-state index contributed by atoms with van der Waals surface area (Å²) in [6.07, 6.45) is -13.8. The van der Waals surface area contributed by atoms with Gasteiger partial charge in [0.1, 0.15) is 37.7 Å². The minimum Gasteiger partial charge on any atom is -0.853 e. The van der Waals surface area contributed by atoms with Crippen LogP contribution in [0.25, 0.3) is 0 Å². The van der Waals surface area contributed by atoms with Crippen LogP contribution in [0.3, 0.4) is 0 Å². The molecule has 1 aromatic carbocycles. The van der Waals surface area contributed by atoms with E-state index in [9.17, 15) is 42.4 Å². The molecule has 3 rings (SSSR count). The molecule has 5 atom stereocenters. The Hall–Kier alpha value is -2.32. The topological polar surface area (TPSA) is 120 Å². The summed E-state index contributed by atoms with van der Waals surface area (Å²) in [5.74, 6) is -0.749. The summed E-state index contributed by atoms with van der Waals surface area (Å²) in [4.78, 5) is 0. The molecule has 5 unspecified atom stereocenters. The lowest BCUT2D eigenvalue weighted by Gasteiger charge is -2.41. The Kier molecular flexibility index (Phi) is 8.70. The molecule has 1 aliphatic rings. The number of aromatic nitrogens is 2. The van der Waals surface area contributed by atoms with Gasteiger partial charge in [-0.15, -0.1) is 11.7 Å². The molecule has 8 nitrogen and oxygen atoms in total. The third kappa shape index (κ3) is 5.75. The summed E-state index contributed by atoms with van der Waals surface area (Å²) < 4.78 is 79.8. The Morgan fingerprint density at radius 1 is 1.06 bits per heavy atom. The normalized spacial score (nSPS) is 25.3. The molecule has 196 valence electrons. The van der Waals surface area contributed by atoms with E-state index >= 15 is 0 Å². The first-order chi connectivity index (χ1) is 16.5. The van der Waals surface area contributed by atoms with Gasteiger partial charge in [0.15, 0.2) is 5.69 Å². The minimum absolute atomic E-state index is 0.149. The Morgan fingerprint density at radius 3 is 2.17 bits per heavy atom. The molecule has 1 aliphatic heterocycles. The monoisotopic (exact) mass is 509 g/mol. The summed E-state index contributed by atoms with van der Waals surface area (Å²) in [7, 11) is 0. The molecule has 0 aliphatic carbocycles. The third-order valence-electron chi connectivity index (χ3n) is 5.81. The van der Waals surface area contributed by atoms with Gasteiger partial charge in [-0.2, -0.15) is 13.2 Å².